The van der Waals surface area contributed by atoms with E-state index in [9.17, 15) is 0 Å². The van der Waals surface area contributed by atoms with Crippen molar-refractivity contribution in [1.29, 1.82) is 0 Å². The highest BCUT2D eigenvalue weighted by atomic mass is 32.1. The lowest BCUT2D eigenvalue weighted by atomic mass is 9.96. The lowest BCUT2D eigenvalue weighted by Gasteiger charge is -2.40. The highest BCUT2D eigenvalue weighted by molar-refractivity contribution is 7.80. The summed E-state index contributed by atoms with van der Waals surface area (Å²) in [4.78, 5) is 7.24. The van der Waals surface area contributed by atoms with Crippen molar-refractivity contribution in [3.05, 3.63) is 71.8 Å². The van der Waals surface area contributed by atoms with Gasteiger partial charge in [-0.2, -0.15) is 0 Å². The smallest absolute Gasteiger partial charge is 0.260 e. The van der Waals surface area contributed by atoms with Crippen molar-refractivity contribution in [3.63, 3.8) is 0 Å². The van der Waals surface area contributed by atoms with E-state index in [-0.39, 0.29) is 0 Å². The van der Waals surface area contributed by atoms with E-state index in [4.69, 9.17) is 17.0 Å². The predicted octanol–water partition coefficient (Wildman–Crippen LogP) is 2.97. The fourth-order valence-corrected chi connectivity index (χ4v) is 4.08. The molecule has 2 aromatic rings. The molecular formula is C21H25N3OS. The van der Waals surface area contributed by atoms with Gasteiger partial charge in [0.05, 0.1) is 19.3 Å². The van der Waals surface area contributed by atoms with Crippen LogP contribution in [0.3, 0.4) is 0 Å². The SMILES string of the molecule is S=C1OCCN1CN1CCN(C(c2ccccc2)c2ccccc2)CC1. The van der Waals surface area contributed by atoms with Crippen LogP contribution in [0.2, 0.25) is 0 Å². The Hall–Kier alpha value is -1.95. The van der Waals surface area contributed by atoms with E-state index in [1.807, 2.05) is 0 Å². The van der Waals surface area contributed by atoms with Gasteiger partial charge in [-0.25, -0.2) is 0 Å². The molecule has 2 heterocycles. The maximum atomic E-state index is 5.40. The minimum atomic E-state index is 0.316. The summed E-state index contributed by atoms with van der Waals surface area (Å²) in [6, 6.07) is 22.0. The van der Waals surface area contributed by atoms with Crippen LogP contribution in [0.15, 0.2) is 60.7 Å². The molecule has 0 amide bonds. The average Bonchev–Trinajstić information content (AvgIpc) is 3.10. The largest absolute Gasteiger partial charge is 0.469 e. The van der Waals surface area contributed by atoms with Crippen LogP contribution in [-0.4, -0.2) is 65.9 Å². The van der Waals surface area contributed by atoms with Gasteiger partial charge < -0.3 is 9.64 Å². The van der Waals surface area contributed by atoms with Crippen molar-refractivity contribution >= 4 is 17.4 Å². The third kappa shape index (κ3) is 3.90. The zero-order valence-electron chi connectivity index (χ0n) is 15.0. The van der Waals surface area contributed by atoms with E-state index >= 15 is 0 Å². The molecule has 0 aliphatic carbocycles. The summed E-state index contributed by atoms with van der Waals surface area (Å²) in [6.07, 6.45) is 0. The molecule has 2 aromatic carbocycles. The fourth-order valence-electron chi connectivity index (χ4n) is 3.84. The summed E-state index contributed by atoms with van der Waals surface area (Å²) in [5, 5.41) is 0.652. The molecule has 0 N–H and O–H groups in total. The third-order valence-electron chi connectivity index (χ3n) is 5.22. The minimum Gasteiger partial charge on any atom is -0.469 e. The molecule has 0 unspecified atom stereocenters. The second-order valence-electron chi connectivity index (χ2n) is 6.90. The monoisotopic (exact) mass is 367 g/mol. The Bertz CT molecular complexity index is 677. The molecular weight excluding hydrogens is 342 g/mol. The molecule has 2 aliphatic rings. The van der Waals surface area contributed by atoms with Gasteiger partial charge in [-0.3, -0.25) is 9.80 Å². The molecule has 4 nitrogen and oxygen atoms in total. The maximum Gasteiger partial charge on any atom is 0.260 e. The number of hydrogen-bond acceptors (Lipinski definition) is 4. The molecule has 2 fully saturated rings. The number of piperazine rings is 1. The zero-order chi connectivity index (χ0) is 17.8. The average molecular weight is 368 g/mol. The van der Waals surface area contributed by atoms with Crippen molar-refractivity contribution in [2.75, 3.05) is 46.0 Å². The number of hydrogen-bond donors (Lipinski definition) is 0. The number of thiocarbonyl (C=S) groups is 1. The van der Waals surface area contributed by atoms with E-state index in [1.165, 1.54) is 11.1 Å². The van der Waals surface area contributed by atoms with Crippen LogP contribution >= 0.6 is 12.2 Å². The van der Waals surface area contributed by atoms with Crippen molar-refractivity contribution in [2.45, 2.75) is 6.04 Å². The van der Waals surface area contributed by atoms with Crippen LogP contribution in [-0.2, 0) is 4.74 Å². The van der Waals surface area contributed by atoms with Gasteiger partial charge in [0.25, 0.3) is 5.17 Å². The summed E-state index contributed by atoms with van der Waals surface area (Å²) < 4.78 is 5.40. The van der Waals surface area contributed by atoms with Gasteiger partial charge in [-0.15, -0.1) is 0 Å². The van der Waals surface area contributed by atoms with Crippen LogP contribution in [0.1, 0.15) is 17.2 Å². The number of benzene rings is 2. The van der Waals surface area contributed by atoms with Gasteiger partial charge >= 0.3 is 0 Å². The lowest BCUT2D eigenvalue weighted by molar-refractivity contribution is 0.0852. The Morgan fingerprint density at radius 3 is 1.88 bits per heavy atom. The predicted molar refractivity (Wildman–Crippen MR) is 108 cm³/mol. The van der Waals surface area contributed by atoms with Gasteiger partial charge in [0.1, 0.15) is 6.61 Å². The molecule has 2 aliphatic heterocycles. The zero-order valence-corrected chi connectivity index (χ0v) is 15.8. The normalized spacial score (nSPS) is 19.1. The van der Waals surface area contributed by atoms with Gasteiger partial charge in [0, 0.05) is 26.2 Å². The molecule has 2 saturated heterocycles. The molecule has 0 bridgehead atoms. The lowest BCUT2D eigenvalue weighted by Crippen LogP contribution is -2.51. The number of nitrogens with zero attached hydrogens (tertiary/aromatic N) is 3. The van der Waals surface area contributed by atoms with Crippen LogP contribution in [0.25, 0.3) is 0 Å². The first-order chi connectivity index (χ1) is 12.8. The summed E-state index contributed by atoms with van der Waals surface area (Å²) in [5.74, 6) is 0. The Morgan fingerprint density at radius 1 is 0.808 bits per heavy atom. The van der Waals surface area contributed by atoms with Crippen LogP contribution in [0.5, 0.6) is 0 Å². The van der Waals surface area contributed by atoms with Crippen molar-refractivity contribution in [1.82, 2.24) is 14.7 Å². The van der Waals surface area contributed by atoms with Crippen molar-refractivity contribution in [2.24, 2.45) is 0 Å². The van der Waals surface area contributed by atoms with E-state index in [1.54, 1.807) is 0 Å². The molecule has 0 spiro atoms. The van der Waals surface area contributed by atoms with Crippen LogP contribution < -0.4 is 0 Å². The Kier molecular flexibility index (Phi) is 5.48. The first-order valence-electron chi connectivity index (χ1n) is 9.29. The van der Waals surface area contributed by atoms with Gasteiger partial charge in [0.2, 0.25) is 0 Å². The quantitative estimate of drug-likeness (QED) is 0.755. The second-order valence-corrected chi connectivity index (χ2v) is 7.25. The molecule has 5 heteroatoms. The van der Waals surface area contributed by atoms with E-state index in [0.717, 1.165) is 46.0 Å². The standard InChI is InChI=1S/C21H25N3OS/c26-21-24(15-16-25-21)17-22-11-13-23(14-12-22)20(18-7-3-1-4-8-18)19-9-5-2-6-10-19/h1-10,20H,11-17H2. The van der Waals surface area contributed by atoms with Gasteiger partial charge in [-0.1, -0.05) is 60.7 Å². The van der Waals surface area contributed by atoms with Gasteiger partial charge in [-0.05, 0) is 23.3 Å². The van der Waals surface area contributed by atoms with E-state index in [0.29, 0.717) is 11.2 Å². The molecule has 0 radical (unpaired) electrons. The highest BCUT2D eigenvalue weighted by Crippen LogP contribution is 2.29. The van der Waals surface area contributed by atoms with Crippen molar-refractivity contribution in [3.8, 4) is 0 Å². The number of ether oxygens (including phenoxy) is 1. The Labute approximate surface area is 161 Å². The van der Waals surface area contributed by atoms with Crippen molar-refractivity contribution < 1.29 is 4.74 Å². The van der Waals surface area contributed by atoms with E-state index in [2.05, 4.69) is 75.4 Å². The Morgan fingerprint density at radius 2 is 1.38 bits per heavy atom. The van der Waals surface area contributed by atoms with Crippen LogP contribution in [0.4, 0.5) is 0 Å². The molecule has 0 atom stereocenters. The highest BCUT2D eigenvalue weighted by Gasteiger charge is 2.28. The summed E-state index contributed by atoms with van der Waals surface area (Å²) in [6.45, 7) is 6.73. The Balaban J connectivity index is 1.45. The summed E-state index contributed by atoms with van der Waals surface area (Å²) >= 11 is 5.27. The van der Waals surface area contributed by atoms with Crippen LogP contribution in [0, 0.1) is 0 Å². The van der Waals surface area contributed by atoms with Gasteiger partial charge in [0.15, 0.2) is 0 Å². The molecule has 136 valence electrons. The third-order valence-corrected chi connectivity index (χ3v) is 5.59. The molecule has 0 aromatic heterocycles. The summed E-state index contributed by atoms with van der Waals surface area (Å²) in [7, 11) is 0. The minimum absolute atomic E-state index is 0.316. The first-order valence-corrected chi connectivity index (χ1v) is 9.70. The van der Waals surface area contributed by atoms with E-state index < -0.39 is 0 Å². The molecule has 4 rings (SSSR count). The maximum absolute atomic E-state index is 5.40. The number of rotatable bonds is 5. The second kappa shape index (κ2) is 8.16. The summed E-state index contributed by atoms with van der Waals surface area (Å²) in [5.41, 5.74) is 2.72. The molecule has 0 saturated carbocycles. The fraction of sp³-hybridized carbons (Fsp3) is 0.381. The first kappa shape index (κ1) is 17.5. The molecule has 26 heavy (non-hydrogen) atoms. The topological polar surface area (TPSA) is 19.0 Å².